The highest BCUT2D eigenvalue weighted by atomic mass is 35.5. The van der Waals surface area contributed by atoms with E-state index in [0.717, 1.165) is 16.8 Å². The quantitative estimate of drug-likeness (QED) is 0.159. The number of fused-ring (bicyclic) bond motifs is 1. The number of halogens is 2. The van der Waals surface area contributed by atoms with Crippen LogP contribution in [0.4, 0.5) is 0 Å². The molecule has 0 fully saturated rings. The highest BCUT2D eigenvalue weighted by molar-refractivity contribution is 6.35. The van der Waals surface area contributed by atoms with E-state index in [1.54, 1.807) is 36.1 Å². The van der Waals surface area contributed by atoms with Crippen molar-refractivity contribution in [2.24, 2.45) is 4.99 Å². The van der Waals surface area contributed by atoms with Gasteiger partial charge in [0.2, 0.25) is 0 Å². The zero-order valence-electron chi connectivity index (χ0n) is 22.4. The smallest absolute Gasteiger partial charge is 0.310 e. The van der Waals surface area contributed by atoms with Crippen molar-refractivity contribution in [2.75, 3.05) is 20.3 Å². The largest absolute Gasteiger partial charge is 0.463 e. The fraction of sp³-hybridized carbons (Fsp3) is 0.286. The molecular formula is C28H24Cl2N8O4. The van der Waals surface area contributed by atoms with Crippen LogP contribution < -0.4 is 5.56 Å². The maximum absolute atomic E-state index is 13.5. The van der Waals surface area contributed by atoms with Gasteiger partial charge in [0.15, 0.2) is 0 Å². The topological polar surface area (TPSA) is 139 Å². The van der Waals surface area contributed by atoms with Gasteiger partial charge < -0.3 is 9.47 Å². The van der Waals surface area contributed by atoms with Crippen LogP contribution >= 0.6 is 23.2 Å². The summed E-state index contributed by atoms with van der Waals surface area (Å²) in [7, 11) is 1.54. The number of hydrogen-bond donors (Lipinski definition) is 0. The Kier molecular flexibility index (Phi) is 7.92. The molecule has 6 rings (SSSR count). The van der Waals surface area contributed by atoms with Crippen LogP contribution in [0.25, 0.3) is 22.5 Å². The minimum absolute atomic E-state index is 0.106. The number of benzene rings is 1. The third-order valence-corrected chi connectivity index (χ3v) is 7.62. The molecule has 214 valence electrons. The number of carbonyl (C=O) groups is 1. The first-order chi connectivity index (χ1) is 20.4. The monoisotopic (exact) mass is 606 g/mol. The summed E-state index contributed by atoms with van der Waals surface area (Å²) < 4.78 is 13.2. The van der Waals surface area contributed by atoms with Gasteiger partial charge in [-0.15, -0.1) is 5.10 Å². The van der Waals surface area contributed by atoms with Crippen molar-refractivity contribution in [2.45, 2.75) is 31.7 Å². The number of aryl methyl sites for hydroxylation is 1. The number of allylic oxidation sites excluding steroid dienone is 1. The number of carbonyl (C=O) groups excluding carboxylic acids is 1. The van der Waals surface area contributed by atoms with Gasteiger partial charge in [-0.05, 0) is 46.7 Å². The number of ether oxygens (including phenoxy) is 2. The van der Waals surface area contributed by atoms with Crippen molar-refractivity contribution in [3.05, 3.63) is 86.5 Å². The van der Waals surface area contributed by atoms with Crippen LogP contribution in [0, 0.1) is 0 Å². The van der Waals surface area contributed by atoms with Gasteiger partial charge in [-0.25, -0.2) is 9.98 Å². The molecule has 0 unspecified atom stereocenters. The lowest BCUT2D eigenvalue weighted by Gasteiger charge is -2.16. The van der Waals surface area contributed by atoms with Crippen molar-refractivity contribution in [3.63, 3.8) is 0 Å². The van der Waals surface area contributed by atoms with Crippen molar-refractivity contribution >= 4 is 40.5 Å². The van der Waals surface area contributed by atoms with E-state index in [9.17, 15) is 9.59 Å². The second-order valence-electron chi connectivity index (χ2n) is 9.73. The van der Waals surface area contributed by atoms with Crippen molar-refractivity contribution < 1.29 is 14.3 Å². The van der Waals surface area contributed by atoms with E-state index in [4.69, 9.17) is 37.7 Å². The number of nitrogens with zero attached hydrogens (tertiary/aromatic N) is 8. The molecule has 0 spiro atoms. The summed E-state index contributed by atoms with van der Waals surface area (Å²) in [4.78, 5) is 39.4. The van der Waals surface area contributed by atoms with Crippen LogP contribution in [-0.2, 0) is 27.1 Å². The lowest BCUT2D eigenvalue weighted by atomic mass is 10.0. The van der Waals surface area contributed by atoms with E-state index in [2.05, 4.69) is 25.5 Å². The molecular weight excluding hydrogens is 583 g/mol. The summed E-state index contributed by atoms with van der Waals surface area (Å²) in [6, 6.07) is 10.1. The molecule has 2 aliphatic rings. The fourth-order valence-electron chi connectivity index (χ4n) is 5.12. The second kappa shape index (κ2) is 11.9. The van der Waals surface area contributed by atoms with Crippen molar-refractivity contribution in [1.82, 2.24) is 34.7 Å². The SMILES string of the molecule is COCCOC(=O)Cc1ccc(C2=C(Cl)N=C([C@@H]3CCc4nc(-c5cc(Cl)ccc5-n5cnnn5)cc(=O)n43)C2)nc1. The zero-order chi connectivity index (χ0) is 29.2. The van der Waals surface area contributed by atoms with Crippen LogP contribution in [-0.4, -0.2) is 66.7 Å². The molecule has 1 aromatic carbocycles. The number of aromatic nitrogens is 7. The molecule has 5 heterocycles. The average molecular weight is 607 g/mol. The number of aliphatic imine (C=N–C) groups is 1. The first-order valence-corrected chi connectivity index (χ1v) is 13.9. The van der Waals surface area contributed by atoms with E-state index < -0.39 is 0 Å². The van der Waals surface area contributed by atoms with Gasteiger partial charge in [-0.2, -0.15) is 4.68 Å². The Morgan fingerprint density at radius 2 is 2.00 bits per heavy atom. The lowest BCUT2D eigenvalue weighted by Crippen LogP contribution is -2.28. The maximum Gasteiger partial charge on any atom is 0.310 e. The zero-order valence-corrected chi connectivity index (χ0v) is 23.9. The summed E-state index contributed by atoms with van der Waals surface area (Å²) in [5.41, 5.74) is 4.49. The Morgan fingerprint density at radius 3 is 2.76 bits per heavy atom. The third kappa shape index (κ3) is 5.60. The summed E-state index contributed by atoms with van der Waals surface area (Å²) >= 11 is 12.9. The van der Waals surface area contributed by atoms with Crippen molar-refractivity contribution in [3.8, 4) is 16.9 Å². The first-order valence-electron chi connectivity index (χ1n) is 13.1. The first kappa shape index (κ1) is 27.9. The van der Waals surface area contributed by atoms with E-state index in [1.165, 1.54) is 17.1 Å². The molecule has 0 saturated heterocycles. The Hall–Kier alpha value is -4.26. The molecule has 0 N–H and O–H groups in total. The summed E-state index contributed by atoms with van der Waals surface area (Å²) in [6.07, 6.45) is 4.90. The van der Waals surface area contributed by atoms with Gasteiger partial charge in [0.05, 0.1) is 36.1 Å². The molecule has 0 amide bonds. The fourth-order valence-corrected chi connectivity index (χ4v) is 5.57. The maximum atomic E-state index is 13.5. The van der Waals surface area contributed by atoms with Gasteiger partial charge in [0, 0.05) is 54.1 Å². The highest BCUT2D eigenvalue weighted by Crippen LogP contribution is 2.37. The van der Waals surface area contributed by atoms with Gasteiger partial charge in [-0.3, -0.25) is 19.1 Å². The molecule has 0 radical (unpaired) electrons. The Balaban J connectivity index is 1.20. The average Bonchev–Trinajstić information content (AvgIpc) is 3.74. The Bertz CT molecular complexity index is 1770. The van der Waals surface area contributed by atoms with Crippen LogP contribution in [0.2, 0.25) is 5.02 Å². The summed E-state index contributed by atoms with van der Waals surface area (Å²) in [5.74, 6) is 0.298. The molecule has 0 bridgehead atoms. The highest BCUT2D eigenvalue weighted by Gasteiger charge is 2.33. The second-order valence-corrected chi connectivity index (χ2v) is 10.5. The number of esters is 1. The van der Waals surface area contributed by atoms with E-state index in [-0.39, 0.29) is 30.6 Å². The van der Waals surface area contributed by atoms with E-state index in [1.807, 2.05) is 12.1 Å². The van der Waals surface area contributed by atoms with Gasteiger partial charge in [0.25, 0.3) is 5.56 Å². The van der Waals surface area contributed by atoms with Gasteiger partial charge in [-0.1, -0.05) is 29.3 Å². The normalized spacial score (nSPS) is 16.1. The van der Waals surface area contributed by atoms with E-state index >= 15 is 0 Å². The minimum atomic E-state index is -0.352. The standard InChI is InChI=1S/C28H24Cl2N8O4/c1-41-8-9-42-27(40)10-16-2-4-20(31-14-16)19-12-22(34-28(19)30)24-6-7-25-33-21(13-26(39)38(24)25)18-11-17(29)3-5-23(18)37-15-32-35-36-37/h2-5,11,13-15,24H,6-10,12H2,1H3/t24-/m0/s1. The number of hydrogen-bond acceptors (Lipinski definition) is 10. The molecule has 0 saturated carbocycles. The predicted octanol–water partition coefficient (Wildman–Crippen LogP) is 3.61. The number of methoxy groups -OCH3 is 1. The lowest BCUT2D eigenvalue weighted by molar-refractivity contribution is -0.144. The van der Waals surface area contributed by atoms with Crippen molar-refractivity contribution in [1.29, 1.82) is 0 Å². The molecule has 3 aromatic heterocycles. The molecule has 1 atom stereocenters. The number of rotatable bonds is 9. The van der Waals surface area contributed by atoms with Crippen LogP contribution in [0.1, 0.15) is 36.0 Å². The van der Waals surface area contributed by atoms with Crippen LogP contribution in [0.15, 0.2) is 63.9 Å². The predicted molar refractivity (Wildman–Crippen MR) is 155 cm³/mol. The minimum Gasteiger partial charge on any atom is -0.463 e. The van der Waals surface area contributed by atoms with Crippen LogP contribution in [0.3, 0.4) is 0 Å². The molecule has 12 nitrogen and oxygen atoms in total. The molecule has 4 aromatic rings. The van der Waals surface area contributed by atoms with Gasteiger partial charge >= 0.3 is 5.97 Å². The number of tetrazole rings is 1. The molecule has 2 aliphatic heterocycles. The van der Waals surface area contributed by atoms with Crippen LogP contribution in [0.5, 0.6) is 0 Å². The van der Waals surface area contributed by atoms with E-state index in [0.29, 0.717) is 64.5 Å². The summed E-state index contributed by atoms with van der Waals surface area (Å²) in [6.45, 7) is 0.549. The Labute approximate surface area is 249 Å². The molecule has 42 heavy (non-hydrogen) atoms. The Morgan fingerprint density at radius 1 is 1.12 bits per heavy atom. The molecule has 0 aliphatic carbocycles. The summed E-state index contributed by atoms with van der Waals surface area (Å²) in [5, 5.41) is 12.2. The van der Waals surface area contributed by atoms with Gasteiger partial charge in [0.1, 0.15) is 23.9 Å². The number of pyridine rings is 1. The molecule has 14 heteroatoms. The third-order valence-electron chi connectivity index (χ3n) is 7.07.